The van der Waals surface area contributed by atoms with E-state index in [1.807, 2.05) is 0 Å². The summed E-state index contributed by atoms with van der Waals surface area (Å²) in [5.41, 5.74) is -5.41. The van der Waals surface area contributed by atoms with Gasteiger partial charge in [0.15, 0.2) is 0 Å². The third kappa shape index (κ3) is 2.40. The molecule has 0 aliphatic rings. The Morgan fingerprint density at radius 3 is 1.69 bits per heavy atom. The maximum absolute atomic E-state index is 12.2. The lowest BCUT2D eigenvalue weighted by molar-refractivity contribution is -0.0435. The van der Waals surface area contributed by atoms with Gasteiger partial charge in [0.05, 0.1) is 20.0 Å². The second-order valence-corrected chi connectivity index (χ2v) is 5.78. The predicted octanol–water partition coefficient (Wildman–Crippen LogP) is 3.94. The van der Waals surface area contributed by atoms with Crippen molar-refractivity contribution in [1.29, 1.82) is 0 Å². The van der Waals surface area contributed by atoms with Crippen LogP contribution in [0, 0.1) is 0 Å². The molecule has 0 bridgehead atoms. The fraction of sp³-hybridized carbons (Fsp3) is 0.143. The van der Waals surface area contributed by atoms with E-state index >= 15 is 0 Å². The zero-order valence-electron chi connectivity index (χ0n) is 7.15. The molecule has 0 radical (unpaired) electrons. The molecule has 0 amide bonds. The van der Waals surface area contributed by atoms with Gasteiger partial charge in [0.2, 0.25) is 0 Å². The maximum Gasteiger partial charge on any atom is 0.501 e. The highest BCUT2D eigenvalue weighted by atomic mass is 35.5. The van der Waals surface area contributed by atoms with Crippen molar-refractivity contribution in [1.82, 2.24) is 0 Å². The monoisotopic (exact) mass is 312 g/mol. The summed E-state index contributed by atoms with van der Waals surface area (Å²) in [6.07, 6.45) is 0. The molecule has 0 heterocycles. The van der Waals surface area contributed by atoms with Crippen molar-refractivity contribution in [3.05, 3.63) is 27.2 Å². The minimum Gasteiger partial charge on any atom is -0.214 e. The van der Waals surface area contributed by atoms with E-state index in [1.165, 1.54) is 0 Å². The molecule has 0 aromatic heterocycles. The van der Waals surface area contributed by atoms with E-state index in [2.05, 4.69) is 0 Å². The van der Waals surface area contributed by atoms with E-state index in [4.69, 9.17) is 34.8 Å². The van der Waals surface area contributed by atoms with Crippen LogP contribution in [0.15, 0.2) is 17.0 Å². The minimum atomic E-state index is -5.47. The Morgan fingerprint density at radius 2 is 1.38 bits per heavy atom. The first kappa shape index (κ1) is 13.9. The van der Waals surface area contributed by atoms with Crippen LogP contribution in [-0.4, -0.2) is 13.9 Å². The van der Waals surface area contributed by atoms with Gasteiger partial charge in [0.25, 0.3) is 9.84 Å². The highest BCUT2D eigenvalue weighted by molar-refractivity contribution is 7.92. The molecule has 9 heteroatoms. The molecule has 1 rings (SSSR count). The van der Waals surface area contributed by atoms with E-state index in [-0.39, 0.29) is 15.1 Å². The zero-order chi connectivity index (χ0) is 12.7. The van der Waals surface area contributed by atoms with E-state index in [0.29, 0.717) is 12.1 Å². The maximum atomic E-state index is 12.2. The van der Waals surface area contributed by atoms with Gasteiger partial charge in [0, 0.05) is 0 Å². The summed E-state index contributed by atoms with van der Waals surface area (Å²) < 4.78 is 58.5. The molecule has 0 spiro atoms. The van der Waals surface area contributed by atoms with Crippen molar-refractivity contribution in [2.45, 2.75) is 10.4 Å². The van der Waals surface area contributed by atoms with Crippen molar-refractivity contribution in [3.63, 3.8) is 0 Å². The molecule has 1 aromatic rings. The molecular weight excluding hydrogens is 311 g/mol. The summed E-state index contributed by atoms with van der Waals surface area (Å²) in [5, 5.41) is -0.932. The largest absolute Gasteiger partial charge is 0.501 e. The van der Waals surface area contributed by atoms with E-state index in [0.717, 1.165) is 0 Å². The first-order valence-corrected chi connectivity index (χ1v) is 6.15. The van der Waals surface area contributed by atoms with Crippen LogP contribution in [0.1, 0.15) is 0 Å². The van der Waals surface area contributed by atoms with Gasteiger partial charge in [0.1, 0.15) is 0 Å². The summed E-state index contributed by atoms with van der Waals surface area (Å²) in [6.45, 7) is 0. The highest BCUT2D eigenvalue weighted by Crippen LogP contribution is 2.37. The van der Waals surface area contributed by atoms with E-state index in [9.17, 15) is 21.6 Å². The topological polar surface area (TPSA) is 34.1 Å². The van der Waals surface area contributed by atoms with Gasteiger partial charge in [-0.3, -0.25) is 0 Å². The van der Waals surface area contributed by atoms with Gasteiger partial charge in [-0.25, -0.2) is 8.42 Å². The number of sulfone groups is 1. The molecule has 2 nitrogen and oxygen atoms in total. The summed E-state index contributed by atoms with van der Waals surface area (Å²) in [4.78, 5) is -1.04. The first-order chi connectivity index (χ1) is 7.07. The number of rotatable bonds is 1. The van der Waals surface area contributed by atoms with Crippen LogP contribution in [-0.2, 0) is 9.84 Å². The number of hydrogen-bond donors (Lipinski definition) is 0. The summed E-state index contributed by atoms with van der Waals surface area (Å²) in [6, 6.07) is 1.19. The number of hydrogen-bond acceptors (Lipinski definition) is 2. The van der Waals surface area contributed by atoms with Crippen molar-refractivity contribution < 1.29 is 21.6 Å². The van der Waals surface area contributed by atoms with E-state index in [1.54, 1.807) is 0 Å². The Balaban J connectivity index is 3.49. The Bertz CT molecular complexity index is 501. The fourth-order valence-electron chi connectivity index (χ4n) is 0.821. The molecule has 0 fully saturated rings. The molecule has 1 aromatic carbocycles. The van der Waals surface area contributed by atoms with Gasteiger partial charge < -0.3 is 0 Å². The fourth-order valence-corrected chi connectivity index (χ4v) is 2.36. The number of halogens is 6. The van der Waals surface area contributed by atoms with Crippen LogP contribution < -0.4 is 0 Å². The number of alkyl halides is 3. The van der Waals surface area contributed by atoms with Crippen molar-refractivity contribution in [2.24, 2.45) is 0 Å². The van der Waals surface area contributed by atoms with Crippen molar-refractivity contribution >= 4 is 44.6 Å². The molecule has 0 saturated carbocycles. The van der Waals surface area contributed by atoms with Crippen LogP contribution >= 0.6 is 34.8 Å². The van der Waals surface area contributed by atoms with E-state index < -0.39 is 20.2 Å². The van der Waals surface area contributed by atoms with Crippen molar-refractivity contribution in [2.75, 3.05) is 0 Å². The van der Waals surface area contributed by atoms with Crippen LogP contribution in [0.25, 0.3) is 0 Å². The summed E-state index contributed by atoms with van der Waals surface area (Å²) >= 11 is 16.3. The first-order valence-electron chi connectivity index (χ1n) is 3.53. The van der Waals surface area contributed by atoms with Crippen LogP contribution in [0.2, 0.25) is 15.1 Å². The molecule has 0 N–H and O–H groups in total. The smallest absolute Gasteiger partial charge is 0.214 e. The standard InChI is InChI=1S/C7H2Cl3F3O2S/c8-4-1-3(2-5(9)6(4)10)16(14,15)7(11,12)13/h1-2H. The van der Waals surface area contributed by atoms with Gasteiger partial charge in [-0.05, 0) is 12.1 Å². The summed E-state index contributed by atoms with van der Waals surface area (Å²) in [7, 11) is -5.47. The third-order valence-corrected chi connectivity index (χ3v) is 4.23. The highest BCUT2D eigenvalue weighted by Gasteiger charge is 2.47. The Kier molecular flexibility index (Phi) is 3.69. The molecular formula is C7H2Cl3F3O2S. The molecule has 90 valence electrons. The average molecular weight is 314 g/mol. The Morgan fingerprint density at radius 1 is 1.00 bits per heavy atom. The van der Waals surface area contributed by atoms with Gasteiger partial charge in [-0.2, -0.15) is 13.2 Å². The zero-order valence-corrected chi connectivity index (χ0v) is 10.2. The van der Waals surface area contributed by atoms with Crippen molar-refractivity contribution in [3.8, 4) is 0 Å². The Labute approximate surface area is 104 Å². The molecule has 16 heavy (non-hydrogen) atoms. The van der Waals surface area contributed by atoms with Crippen LogP contribution in [0.5, 0.6) is 0 Å². The quantitative estimate of drug-likeness (QED) is 0.736. The molecule has 0 aliphatic carbocycles. The van der Waals surface area contributed by atoms with Gasteiger partial charge in [-0.15, -0.1) is 0 Å². The molecule has 0 atom stereocenters. The SMILES string of the molecule is O=S(=O)(c1cc(Cl)c(Cl)c(Cl)c1)C(F)(F)F. The second-order valence-electron chi connectivity index (χ2n) is 2.65. The lowest BCUT2D eigenvalue weighted by atomic mass is 10.4. The number of benzene rings is 1. The van der Waals surface area contributed by atoms with Gasteiger partial charge in [-0.1, -0.05) is 34.8 Å². The normalized spacial score (nSPS) is 12.9. The van der Waals surface area contributed by atoms with Crippen LogP contribution in [0.3, 0.4) is 0 Å². The van der Waals surface area contributed by atoms with Gasteiger partial charge >= 0.3 is 5.51 Å². The molecule has 0 saturated heterocycles. The lowest BCUT2D eigenvalue weighted by Crippen LogP contribution is -2.23. The molecule has 0 unspecified atom stereocenters. The second kappa shape index (κ2) is 4.25. The average Bonchev–Trinajstić information content (AvgIpc) is 2.11. The lowest BCUT2D eigenvalue weighted by Gasteiger charge is -2.09. The predicted molar refractivity (Wildman–Crippen MR) is 54.7 cm³/mol. The summed E-state index contributed by atoms with van der Waals surface area (Å²) in [5.74, 6) is 0. The molecule has 0 aliphatic heterocycles. The van der Waals surface area contributed by atoms with Crippen LogP contribution in [0.4, 0.5) is 13.2 Å². The Hall–Kier alpha value is -0.170. The third-order valence-electron chi connectivity index (χ3n) is 1.57. The minimum absolute atomic E-state index is 0.204.